The van der Waals surface area contributed by atoms with Crippen LogP contribution < -0.4 is 5.32 Å². The average Bonchev–Trinajstić information content (AvgIpc) is 2.36. The molecule has 0 radical (unpaired) electrons. The third kappa shape index (κ3) is 6.03. The van der Waals surface area contributed by atoms with E-state index < -0.39 is 17.5 Å². The fourth-order valence-electron chi connectivity index (χ4n) is 1.69. The van der Waals surface area contributed by atoms with Gasteiger partial charge in [-0.15, -0.1) is 0 Å². The second-order valence-electron chi connectivity index (χ2n) is 5.93. The lowest BCUT2D eigenvalue weighted by Gasteiger charge is -2.19. The number of alkyl carbamates (subject to hydrolysis) is 1. The maximum Gasteiger partial charge on any atom is 0.408 e. The van der Waals surface area contributed by atoms with Crippen molar-refractivity contribution in [2.24, 2.45) is 0 Å². The Morgan fingerprint density at radius 2 is 1.86 bits per heavy atom. The molecule has 0 heterocycles. The molecule has 1 rings (SSSR count). The molecular weight excluding hydrogens is 289 g/mol. The first kappa shape index (κ1) is 17.8. The van der Waals surface area contributed by atoms with Crippen LogP contribution in [-0.4, -0.2) is 29.8 Å². The molecule has 120 valence electrons. The molecule has 0 aliphatic carbocycles. The number of carbonyl (C=O) groups excluding carboxylic acids is 3. The molecule has 0 saturated heterocycles. The first-order valence-electron chi connectivity index (χ1n) is 6.86. The SMILES string of the molecule is CC(=O)c1ccc(F)c(CC(=O)CNC(=O)OC(C)(C)C)c1. The maximum atomic E-state index is 13.6. The summed E-state index contributed by atoms with van der Waals surface area (Å²) in [6.45, 7) is 6.21. The van der Waals surface area contributed by atoms with E-state index in [4.69, 9.17) is 4.74 Å². The predicted molar refractivity (Wildman–Crippen MR) is 79.4 cm³/mol. The number of hydrogen-bond acceptors (Lipinski definition) is 4. The number of nitrogens with one attached hydrogen (secondary N) is 1. The van der Waals surface area contributed by atoms with Gasteiger partial charge >= 0.3 is 6.09 Å². The van der Waals surface area contributed by atoms with Crippen LogP contribution in [0.4, 0.5) is 9.18 Å². The second kappa shape index (κ2) is 7.15. The molecule has 0 atom stereocenters. The number of rotatable bonds is 5. The van der Waals surface area contributed by atoms with Crippen molar-refractivity contribution >= 4 is 17.7 Å². The first-order chi connectivity index (χ1) is 10.1. The minimum absolute atomic E-state index is 0.128. The molecule has 0 aliphatic rings. The van der Waals surface area contributed by atoms with Gasteiger partial charge in [0.25, 0.3) is 0 Å². The van der Waals surface area contributed by atoms with E-state index in [0.717, 1.165) is 6.07 Å². The van der Waals surface area contributed by atoms with E-state index in [1.807, 2.05) is 0 Å². The zero-order chi connectivity index (χ0) is 16.9. The van der Waals surface area contributed by atoms with E-state index >= 15 is 0 Å². The van der Waals surface area contributed by atoms with E-state index in [0.29, 0.717) is 5.56 Å². The van der Waals surface area contributed by atoms with Crippen molar-refractivity contribution in [3.8, 4) is 0 Å². The van der Waals surface area contributed by atoms with Gasteiger partial charge in [0.2, 0.25) is 0 Å². The normalized spacial score (nSPS) is 11.0. The standard InChI is InChI=1S/C16H20FNO4/c1-10(19)11-5-6-14(17)12(7-11)8-13(20)9-18-15(21)22-16(2,3)4/h5-7H,8-9H2,1-4H3,(H,18,21). The molecule has 5 nitrogen and oxygen atoms in total. The summed E-state index contributed by atoms with van der Waals surface area (Å²) in [4.78, 5) is 34.5. The van der Waals surface area contributed by atoms with Crippen molar-refractivity contribution in [3.05, 3.63) is 35.1 Å². The second-order valence-corrected chi connectivity index (χ2v) is 5.93. The highest BCUT2D eigenvalue weighted by atomic mass is 19.1. The van der Waals surface area contributed by atoms with E-state index in [2.05, 4.69) is 5.32 Å². The van der Waals surface area contributed by atoms with Crippen LogP contribution in [0.3, 0.4) is 0 Å². The maximum absolute atomic E-state index is 13.6. The summed E-state index contributed by atoms with van der Waals surface area (Å²) in [5.41, 5.74) is -0.192. The number of amides is 1. The number of halogens is 1. The number of hydrogen-bond donors (Lipinski definition) is 1. The summed E-state index contributed by atoms with van der Waals surface area (Å²) in [6.07, 6.45) is -0.915. The number of benzene rings is 1. The van der Waals surface area contributed by atoms with Gasteiger partial charge in [0, 0.05) is 12.0 Å². The van der Waals surface area contributed by atoms with Crippen molar-refractivity contribution in [2.45, 2.75) is 39.7 Å². The van der Waals surface area contributed by atoms with Crippen LogP contribution in [0.5, 0.6) is 0 Å². The van der Waals surface area contributed by atoms with Crippen LogP contribution in [0, 0.1) is 5.82 Å². The van der Waals surface area contributed by atoms with E-state index in [9.17, 15) is 18.8 Å². The summed E-state index contributed by atoms with van der Waals surface area (Å²) in [5.74, 6) is -1.15. The van der Waals surface area contributed by atoms with Crippen LogP contribution in [0.1, 0.15) is 43.6 Å². The minimum atomic E-state index is -0.709. The molecule has 0 unspecified atom stereocenters. The fourth-order valence-corrected chi connectivity index (χ4v) is 1.69. The van der Waals surface area contributed by atoms with Crippen molar-refractivity contribution in [2.75, 3.05) is 6.54 Å². The minimum Gasteiger partial charge on any atom is -0.444 e. The van der Waals surface area contributed by atoms with Gasteiger partial charge in [-0.25, -0.2) is 9.18 Å². The number of ether oxygens (including phenoxy) is 1. The van der Waals surface area contributed by atoms with Gasteiger partial charge in [-0.1, -0.05) is 0 Å². The van der Waals surface area contributed by atoms with Crippen LogP contribution in [0.2, 0.25) is 0 Å². The van der Waals surface area contributed by atoms with E-state index in [1.165, 1.54) is 19.1 Å². The van der Waals surface area contributed by atoms with Crippen LogP contribution in [-0.2, 0) is 16.0 Å². The molecule has 0 spiro atoms. The van der Waals surface area contributed by atoms with Gasteiger partial charge in [-0.3, -0.25) is 9.59 Å². The number of Topliss-reactive ketones (excluding diaryl/α,β-unsaturated/α-hetero) is 2. The Morgan fingerprint density at radius 1 is 1.23 bits per heavy atom. The summed E-state index contributed by atoms with van der Waals surface area (Å²) in [7, 11) is 0. The molecule has 0 aromatic heterocycles. The van der Waals surface area contributed by atoms with Gasteiger partial charge in [0.1, 0.15) is 11.4 Å². The third-order valence-corrected chi connectivity index (χ3v) is 2.67. The lowest BCUT2D eigenvalue weighted by Crippen LogP contribution is -2.35. The molecular formula is C16H20FNO4. The lowest BCUT2D eigenvalue weighted by molar-refractivity contribution is -0.117. The van der Waals surface area contributed by atoms with Crippen LogP contribution in [0.15, 0.2) is 18.2 Å². The Labute approximate surface area is 128 Å². The van der Waals surface area contributed by atoms with Crippen molar-refractivity contribution in [1.29, 1.82) is 0 Å². The molecule has 0 fully saturated rings. The Hall–Kier alpha value is -2.24. The molecule has 0 aliphatic heterocycles. The topological polar surface area (TPSA) is 72.5 Å². The van der Waals surface area contributed by atoms with E-state index in [-0.39, 0.29) is 30.1 Å². The highest BCUT2D eigenvalue weighted by molar-refractivity contribution is 5.94. The van der Waals surface area contributed by atoms with Crippen LogP contribution >= 0.6 is 0 Å². The molecule has 1 N–H and O–H groups in total. The van der Waals surface area contributed by atoms with Crippen molar-refractivity contribution < 1.29 is 23.5 Å². The predicted octanol–water partition coefficient (Wildman–Crippen LogP) is 2.66. The fraction of sp³-hybridized carbons (Fsp3) is 0.438. The first-order valence-corrected chi connectivity index (χ1v) is 6.86. The third-order valence-electron chi connectivity index (χ3n) is 2.67. The van der Waals surface area contributed by atoms with Gasteiger partial charge in [0.15, 0.2) is 11.6 Å². The van der Waals surface area contributed by atoms with Gasteiger partial charge < -0.3 is 10.1 Å². The Morgan fingerprint density at radius 3 is 2.41 bits per heavy atom. The quantitative estimate of drug-likeness (QED) is 0.849. The molecule has 0 saturated carbocycles. The molecule has 1 amide bonds. The van der Waals surface area contributed by atoms with Gasteiger partial charge in [-0.05, 0) is 51.5 Å². The summed E-state index contributed by atoms with van der Waals surface area (Å²) in [5, 5.41) is 2.32. The smallest absolute Gasteiger partial charge is 0.408 e. The largest absolute Gasteiger partial charge is 0.444 e. The molecule has 1 aromatic rings. The number of ketones is 2. The zero-order valence-corrected chi connectivity index (χ0v) is 13.2. The number of carbonyl (C=O) groups is 3. The molecule has 1 aromatic carbocycles. The highest BCUT2D eigenvalue weighted by Gasteiger charge is 2.17. The van der Waals surface area contributed by atoms with Crippen molar-refractivity contribution in [1.82, 2.24) is 5.32 Å². The molecule has 6 heteroatoms. The summed E-state index contributed by atoms with van der Waals surface area (Å²) in [6, 6.07) is 3.87. The Kier molecular flexibility index (Phi) is 5.79. The average molecular weight is 309 g/mol. The Balaban J connectivity index is 2.60. The van der Waals surface area contributed by atoms with Crippen molar-refractivity contribution in [3.63, 3.8) is 0 Å². The molecule has 0 bridgehead atoms. The van der Waals surface area contributed by atoms with Gasteiger partial charge in [0.05, 0.1) is 6.54 Å². The highest BCUT2D eigenvalue weighted by Crippen LogP contribution is 2.12. The molecule has 22 heavy (non-hydrogen) atoms. The summed E-state index contributed by atoms with van der Waals surface area (Å²) < 4.78 is 18.6. The van der Waals surface area contributed by atoms with E-state index in [1.54, 1.807) is 20.8 Å². The van der Waals surface area contributed by atoms with Crippen LogP contribution in [0.25, 0.3) is 0 Å². The van der Waals surface area contributed by atoms with Gasteiger partial charge in [-0.2, -0.15) is 0 Å². The Bertz CT molecular complexity index is 590. The lowest BCUT2D eigenvalue weighted by atomic mass is 10.0. The summed E-state index contributed by atoms with van der Waals surface area (Å²) >= 11 is 0. The zero-order valence-electron chi connectivity index (χ0n) is 13.2. The monoisotopic (exact) mass is 309 g/mol.